The fourth-order valence-corrected chi connectivity index (χ4v) is 1.28. The van der Waals surface area contributed by atoms with E-state index in [0.717, 1.165) is 26.0 Å². The third-order valence-electron chi connectivity index (χ3n) is 2.33. The second-order valence-electron chi connectivity index (χ2n) is 4.42. The van der Waals surface area contributed by atoms with Gasteiger partial charge in [0.25, 0.3) is 0 Å². The number of ether oxygens (including phenoxy) is 1. The molecule has 4 N–H and O–H groups in total. The molecule has 0 aliphatic heterocycles. The molecule has 94 valence electrons. The van der Waals surface area contributed by atoms with Crippen LogP contribution >= 0.6 is 0 Å². The minimum atomic E-state index is 0.321. The zero-order chi connectivity index (χ0) is 11.8. The average molecular weight is 228 g/mol. The molecule has 5 nitrogen and oxygen atoms in total. The quantitative estimate of drug-likeness (QED) is 0.198. The van der Waals surface area contributed by atoms with Crippen molar-refractivity contribution in [1.82, 2.24) is 10.7 Å². The minimum absolute atomic E-state index is 0.321. The summed E-state index contributed by atoms with van der Waals surface area (Å²) in [5, 5.41) is 3.23. The van der Waals surface area contributed by atoms with E-state index >= 15 is 0 Å². The van der Waals surface area contributed by atoms with E-state index in [1.54, 1.807) is 0 Å². The first-order chi connectivity index (χ1) is 7.72. The van der Waals surface area contributed by atoms with Gasteiger partial charge in [-0.25, -0.2) is 5.84 Å². The number of guanidine groups is 1. The van der Waals surface area contributed by atoms with Crippen LogP contribution in [0.3, 0.4) is 0 Å². The number of unbranched alkanes of at least 4 members (excludes halogenated alkanes) is 1. The molecule has 5 heteroatoms. The van der Waals surface area contributed by atoms with Crippen molar-refractivity contribution in [1.29, 1.82) is 0 Å². The van der Waals surface area contributed by atoms with Crippen molar-refractivity contribution in [2.24, 2.45) is 10.8 Å². The summed E-state index contributed by atoms with van der Waals surface area (Å²) < 4.78 is 5.45. The predicted octanol–water partition coefficient (Wildman–Crippen LogP) is 0.763. The van der Waals surface area contributed by atoms with Gasteiger partial charge in [-0.15, -0.1) is 0 Å². The van der Waals surface area contributed by atoms with Gasteiger partial charge in [-0.1, -0.05) is 0 Å². The standard InChI is InChI=1S/C11H24N4O/c1-9(2)16-8-4-3-7-13-11(15-12)14-10-5-6-10/h9-10H,3-8,12H2,1-2H3,(H2,13,14,15). The highest BCUT2D eigenvalue weighted by atomic mass is 16.5. The molecule has 0 aromatic heterocycles. The Morgan fingerprint density at radius 1 is 1.44 bits per heavy atom. The number of hydrogen-bond acceptors (Lipinski definition) is 3. The van der Waals surface area contributed by atoms with Crippen LogP contribution in [-0.4, -0.2) is 31.3 Å². The Kier molecular flexibility index (Phi) is 6.18. The van der Waals surface area contributed by atoms with Gasteiger partial charge >= 0.3 is 0 Å². The number of hydrazine groups is 1. The molecule has 0 amide bonds. The van der Waals surface area contributed by atoms with Crippen LogP contribution in [-0.2, 0) is 4.74 Å². The second kappa shape index (κ2) is 7.46. The summed E-state index contributed by atoms with van der Waals surface area (Å²) in [5.41, 5.74) is 2.59. The molecule has 0 atom stereocenters. The first-order valence-electron chi connectivity index (χ1n) is 6.11. The maximum absolute atomic E-state index is 5.45. The Balaban J connectivity index is 1.99. The zero-order valence-corrected chi connectivity index (χ0v) is 10.3. The first-order valence-corrected chi connectivity index (χ1v) is 6.11. The Morgan fingerprint density at radius 2 is 2.19 bits per heavy atom. The topological polar surface area (TPSA) is 71.7 Å². The first kappa shape index (κ1) is 13.3. The van der Waals surface area contributed by atoms with Gasteiger partial charge in [-0.05, 0) is 39.5 Å². The van der Waals surface area contributed by atoms with E-state index < -0.39 is 0 Å². The molecule has 1 aliphatic carbocycles. The second-order valence-corrected chi connectivity index (χ2v) is 4.42. The van der Waals surface area contributed by atoms with Crippen LogP contribution in [0.25, 0.3) is 0 Å². The lowest BCUT2D eigenvalue weighted by Gasteiger charge is -2.08. The lowest BCUT2D eigenvalue weighted by molar-refractivity contribution is 0.0763. The molecule has 1 rings (SSSR count). The SMILES string of the molecule is CC(C)OCCCCN=C(NN)NC1CC1. The third kappa shape index (κ3) is 6.63. The molecule has 0 spiro atoms. The van der Waals surface area contributed by atoms with Crippen LogP contribution in [0, 0.1) is 0 Å². The van der Waals surface area contributed by atoms with Crippen LogP contribution in [0.4, 0.5) is 0 Å². The van der Waals surface area contributed by atoms with Gasteiger partial charge in [0.15, 0.2) is 0 Å². The molecular formula is C11H24N4O. The lowest BCUT2D eigenvalue weighted by Crippen LogP contribution is -2.42. The molecule has 1 saturated carbocycles. The molecule has 1 aliphatic rings. The number of aliphatic imine (C=N–C) groups is 1. The Morgan fingerprint density at radius 3 is 2.75 bits per heavy atom. The fourth-order valence-electron chi connectivity index (χ4n) is 1.28. The number of nitrogens with one attached hydrogen (secondary N) is 2. The number of rotatable bonds is 7. The molecule has 0 radical (unpaired) electrons. The van der Waals surface area contributed by atoms with Crippen molar-refractivity contribution < 1.29 is 4.74 Å². The molecule has 0 bridgehead atoms. The van der Waals surface area contributed by atoms with Gasteiger partial charge in [-0.2, -0.15) is 0 Å². The molecule has 16 heavy (non-hydrogen) atoms. The predicted molar refractivity (Wildman–Crippen MR) is 66.1 cm³/mol. The van der Waals surface area contributed by atoms with Gasteiger partial charge in [-0.3, -0.25) is 10.4 Å². The highest BCUT2D eigenvalue weighted by Crippen LogP contribution is 2.18. The number of nitrogens with two attached hydrogens (primary N) is 1. The summed E-state index contributed by atoms with van der Waals surface area (Å²) in [6.45, 7) is 5.71. The normalized spacial score (nSPS) is 16.6. The van der Waals surface area contributed by atoms with Crippen molar-refractivity contribution >= 4 is 5.96 Å². The number of hydrogen-bond donors (Lipinski definition) is 3. The third-order valence-corrected chi connectivity index (χ3v) is 2.33. The maximum atomic E-state index is 5.45. The van der Waals surface area contributed by atoms with Crippen LogP contribution in [0.5, 0.6) is 0 Å². The van der Waals surface area contributed by atoms with Gasteiger partial charge in [0.2, 0.25) is 5.96 Å². The Hall–Kier alpha value is -0.810. The van der Waals surface area contributed by atoms with E-state index in [4.69, 9.17) is 10.6 Å². The van der Waals surface area contributed by atoms with Crippen molar-refractivity contribution in [3.05, 3.63) is 0 Å². The molecule has 0 aromatic rings. The maximum Gasteiger partial charge on any atom is 0.205 e. The van der Waals surface area contributed by atoms with E-state index in [1.165, 1.54) is 12.8 Å². The van der Waals surface area contributed by atoms with Gasteiger partial charge in [0.1, 0.15) is 0 Å². The van der Waals surface area contributed by atoms with Crippen molar-refractivity contribution in [2.75, 3.05) is 13.2 Å². The summed E-state index contributed by atoms with van der Waals surface area (Å²) >= 11 is 0. The molecule has 0 aromatic carbocycles. The van der Waals surface area contributed by atoms with Crippen LogP contribution in [0.15, 0.2) is 4.99 Å². The fraction of sp³-hybridized carbons (Fsp3) is 0.909. The van der Waals surface area contributed by atoms with Crippen LogP contribution in [0.1, 0.15) is 39.5 Å². The molecule has 0 saturated heterocycles. The summed E-state index contributed by atoms with van der Waals surface area (Å²) in [6, 6.07) is 0.582. The van der Waals surface area contributed by atoms with Crippen molar-refractivity contribution in [3.8, 4) is 0 Å². The largest absolute Gasteiger partial charge is 0.379 e. The van der Waals surface area contributed by atoms with E-state index in [0.29, 0.717) is 18.1 Å². The van der Waals surface area contributed by atoms with E-state index in [2.05, 4.69) is 15.7 Å². The summed E-state index contributed by atoms with van der Waals surface area (Å²) in [5.74, 6) is 6.08. The van der Waals surface area contributed by atoms with Crippen molar-refractivity contribution in [2.45, 2.75) is 51.7 Å². The Bertz CT molecular complexity index is 214. The van der Waals surface area contributed by atoms with E-state index in [-0.39, 0.29) is 0 Å². The molecule has 1 fully saturated rings. The van der Waals surface area contributed by atoms with Crippen LogP contribution in [0.2, 0.25) is 0 Å². The van der Waals surface area contributed by atoms with Crippen LogP contribution < -0.4 is 16.6 Å². The highest BCUT2D eigenvalue weighted by molar-refractivity contribution is 5.79. The molecular weight excluding hydrogens is 204 g/mol. The van der Waals surface area contributed by atoms with Crippen molar-refractivity contribution in [3.63, 3.8) is 0 Å². The smallest absolute Gasteiger partial charge is 0.205 e. The van der Waals surface area contributed by atoms with Gasteiger partial charge in [0, 0.05) is 19.2 Å². The zero-order valence-electron chi connectivity index (χ0n) is 10.3. The minimum Gasteiger partial charge on any atom is -0.379 e. The van der Waals surface area contributed by atoms with Gasteiger partial charge in [0.05, 0.1) is 6.10 Å². The average Bonchev–Trinajstić information content (AvgIpc) is 3.04. The number of nitrogens with zero attached hydrogens (tertiary/aromatic N) is 1. The monoisotopic (exact) mass is 228 g/mol. The van der Waals surface area contributed by atoms with E-state index in [9.17, 15) is 0 Å². The lowest BCUT2D eigenvalue weighted by atomic mass is 10.3. The molecule has 0 heterocycles. The van der Waals surface area contributed by atoms with E-state index in [1.807, 2.05) is 13.8 Å². The summed E-state index contributed by atoms with van der Waals surface area (Å²) in [6.07, 6.45) is 4.85. The molecule has 0 unspecified atom stereocenters. The Labute approximate surface area is 97.8 Å². The van der Waals surface area contributed by atoms with Gasteiger partial charge < -0.3 is 10.1 Å². The summed E-state index contributed by atoms with van der Waals surface area (Å²) in [7, 11) is 0. The summed E-state index contributed by atoms with van der Waals surface area (Å²) in [4.78, 5) is 4.35. The highest BCUT2D eigenvalue weighted by Gasteiger charge is 2.21.